The highest BCUT2D eigenvalue weighted by Gasteiger charge is 1.98. The average molecular weight is 256 g/mol. The largest absolute Gasteiger partial charge is 0.312 e. The first-order valence-electron chi connectivity index (χ1n) is 2.10. The molecule has 9 heavy (non-hydrogen) atoms. The molecule has 1 N–H and O–H groups in total. The van der Waals surface area contributed by atoms with Gasteiger partial charge in [-0.15, -0.1) is 0 Å². The molecule has 1 heterocycles. The van der Waals surface area contributed by atoms with E-state index in [2.05, 4.69) is 9.97 Å². The van der Waals surface area contributed by atoms with E-state index in [1.807, 2.05) is 22.6 Å². The van der Waals surface area contributed by atoms with Gasteiger partial charge in [0.05, 0.1) is 6.33 Å². The molecule has 1 aromatic heterocycles. The molecule has 0 spiro atoms. The lowest BCUT2D eigenvalue weighted by Crippen LogP contribution is -2.07. The Kier molecular flexibility index (Phi) is 2.07. The van der Waals surface area contributed by atoms with E-state index in [0.29, 0.717) is 3.70 Å². The standard InChI is InChI=1S/C4H2ClIN2O/c5-2-3(6)7-1-8-4(2)9/h1H,(H,7,8,9). The third-order valence-corrected chi connectivity index (χ3v) is 2.24. The molecule has 0 aliphatic carbocycles. The fraction of sp³-hybridized carbons (Fsp3) is 0. The van der Waals surface area contributed by atoms with E-state index in [0.717, 1.165) is 0 Å². The van der Waals surface area contributed by atoms with Crippen molar-refractivity contribution in [3.8, 4) is 0 Å². The summed E-state index contributed by atoms with van der Waals surface area (Å²) in [5, 5.41) is 0.151. The lowest BCUT2D eigenvalue weighted by atomic mass is 10.7. The summed E-state index contributed by atoms with van der Waals surface area (Å²) >= 11 is 7.35. The maximum Gasteiger partial charge on any atom is 0.270 e. The SMILES string of the molecule is O=c1[nH]cnc(I)c1Cl. The molecule has 0 saturated carbocycles. The van der Waals surface area contributed by atoms with Crippen molar-refractivity contribution in [1.29, 1.82) is 0 Å². The molecule has 0 unspecified atom stereocenters. The number of nitrogens with zero attached hydrogens (tertiary/aromatic N) is 1. The van der Waals surface area contributed by atoms with Crippen LogP contribution in [-0.2, 0) is 0 Å². The van der Waals surface area contributed by atoms with Crippen molar-refractivity contribution in [3.05, 3.63) is 25.4 Å². The van der Waals surface area contributed by atoms with Crippen LogP contribution in [0.2, 0.25) is 5.02 Å². The minimum atomic E-state index is -0.295. The highest BCUT2D eigenvalue weighted by Crippen LogP contribution is 2.07. The Labute approximate surface area is 69.6 Å². The number of aromatic nitrogens is 2. The van der Waals surface area contributed by atoms with E-state index in [9.17, 15) is 4.79 Å². The minimum absolute atomic E-state index is 0.151. The van der Waals surface area contributed by atoms with Crippen LogP contribution in [0.5, 0.6) is 0 Å². The number of rotatable bonds is 0. The summed E-state index contributed by atoms with van der Waals surface area (Å²) in [6.45, 7) is 0. The summed E-state index contributed by atoms with van der Waals surface area (Å²) in [6, 6.07) is 0. The van der Waals surface area contributed by atoms with Crippen molar-refractivity contribution in [3.63, 3.8) is 0 Å². The van der Waals surface area contributed by atoms with Gasteiger partial charge in [0.15, 0.2) is 0 Å². The normalized spacial score (nSPS) is 9.56. The van der Waals surface area contributed by atoms with Crippen LogP contribution >= 0.6 is 34.2 Å². The summed E-state index contributed by atoms with van der Waals surface area (Å²) in [6.07, 6.45) is 1.32. The van der Waals surface area contributed by atoms with Gasteiger partial charge in [0.25, 0.3) is 5.56 Å². The van der Waals surface area contributed by atoms with Crippen molar-refractivity contribution in [2.45, 2.75) is 0 Å². The van der Waals surface area contributed by atoms with Gasteiger partial charge in [0, 0.05) is 0 Å². The van der Waals surface area contributed by atoms with Gasteiger partial charge < -0.3 is 4.98 Å². The Balaban J connectivity index is 3.43. The Bertz CT molecular complexity index is 272. The summed E-state index contributed by atoms with van der Waals surface area (Å²) in [5.74, 6) is 0. The predicted molar refractivity (Wildman–Crippen MR) is 42.6 cm³/mol. The quantitative estimate of drug-likeness (QED) is 0.556. The maximum atomic E-state index is 10.6. The number of aromatic amines is 1. The third-order valence-electron chi connectivity index (χ3n) is 0.754. The summed E-state index contributed by atoms with van der Waals surface area (Å²) in [5.41, 5.74) is -0.295. The molecule has 1 rings (SSSR count). The second kappa shape index (κ2) is 2.66. The second-order valence-electron chi connectivity index (χ2n) is 1.34. The van der Waals surface area contributed by atoms with E-state index in [4.69, 9.17) is 11.6 Å². The Morgan fingerprint density at radius 2 is 2.44 bits per heavy atom. The molecule has 3 nitrogen and oxygen atoms in total. The van der Waals surface area contributed by atoms with Gasteiger partial charge in [-0.05, 0) is 22.6 Å². The fourth-order valence-corrected chi connectivity index (χ4v) is 0.849. The van der Waals surface area contributed by atoms with E-state index >= 15 is 0 Å². The van der Waals surface area contributed by atoms with E-state index in [1.165, 1.54) is 6.33 Å². The molecule has 1 aromatic rings. The van der Waals surface area contributed by atoms with Crippen LogP contribution in [0, 0.1) is 3.70 Å². The minimum Gasteiger partial charge on any atom is -0.312 e. The zero-order valence-electron chi connectivity index (χ0n) is 4.19. The number of H-pyrrole nitrogens is 1. The first-order chi connectivity index (χ1) is 4.22. The smallest absolute Gasteiger partial charge is 0.270 e. The van der Waals surface area contributed by atoms with Crippen LogP contribution in [0.4, 0.5) is 0 Å². The summed E-state index contributed by atoms with van der Waals surface area (Å²) in [4.78, 5) is 16.7. The van der Waals surface area contributed by atoms with Crippen LogP contribution in [-0.4, -0.2) is 9.97 Å². The Hall–Kier alpha value is -0.100. The Morgan fingerprint density at radius 3 is 2.89 bits per heavy atom. The molecular formula is C4H2ClIN2O. The molecule has 0 bridgehead atoms. The van der Waals surface area contributed by atoms with Gasteiger partial charge in [-0.1, -0.05) is 11.6 Å². The third kappa shape index (κ3) is 1.42. The number of nitrogens with one attached hydrogen (secondary N) is 1. The van der Waals surface area contributed by atoms with Gasteiger partial charge in [-0.25, -0.2) is 4.98 Å². The fourth-order valence-electron chi connectivity index (χ4n) is 0.361. The first kappa shape index (κ1) is 7.01. The maximum absolute atomic E-state index is 10.6. The van der Waals surface area contributed by atoms with Crippen LogP contribution in [0.15, 0.2) is 11.1 Å². The zero-order chi connectivity index (χ0) is 6.85. The lowest BCUT2D eigenvalue weighted by Gasteiger charge is -1.88. The van der Waals surface area contributed by atoms with Crippen molar-refractivity contribution in [2.24, 2.45) is 0 Å². The molecular weight excluding hydrogens is 254 g/mol. The van der Waals surface area contributed by atoms with Crippen molar-refractivity contribution >= 4 is 34.2 Å². The van der Waals surface area contributed by atoms with E-state index < -0.39 is 0 Å². The summed E-state index contributed by atoms with van der Waals surface area (Å²) < 4.78 is 0.526. The van der Waals surface area contributed by atoms with Crippen molar-refractivity contribution < 1.29 is 0 Å². The molecule has 0 fully saturated rings. The molecule has 5 heteroatoms. The monoisotopic (exact) mass is 256 g/mol. The second-order valence-corrected chi connectivity index (χ2v) is 2.74. The number of halogens is 2. The van der Waals surface area contributed by atoms with E-state index in [1.54, 1.807) is 0 Å². The van der Waals surface area contributed by atoms with E-state index in [-0.39, 0.29) is 10.6 Å². The van der Waals surface area contributed by atoms with Gasteiger partial charge >= 0.3 is 0 Å². The lowest BCUT2D eigenvalue weighted by molar-refractivity contribution is 1.09. The topological polar surface area (TPSA) is 45.8 Å². The first-order valence-corrected chi connectivity index (χ1v) is 3.56. The molecule has 48 valence electrons. The molecule has 0 aromatic carbocycles. The van der Waals surface area contributed by atoms with Crippen LogP contribution in [0.1, 0.15) is 0 Å². The van der Waals surface area contributed by atoms with Crippen LogP contribution < -0.4 is 5.56 Å². The molecule has 0 radical (unpaired) electrons. The molecule has 0 aliphatic heterocycles. The summed E-state index contributed by atoms with van der Waals surface area (Å²) in [7, 11) is 0. The molecule has 0 atom stereocenters. The van der Waals surface area contributed by atoms with Crippen molar-refractivity contribution in [1.82, 2.24) is 9.97 Å². The van der Waals surface area contributed by atoms with Crippen molar-refractivity contribution in [2.75, 3.05) is 0 Å². The van der Waals surface area contributed by atoms with Gasteiger partial charge in [-0.3, -0.25) is 4.79 Å². The number of hydrogen-bond donors (Lipinski definition) is 1. The molecule has 0 saturated heterocycles. The average Bonchev–Trinajstić information content (AvgIpc) is 1.83. The Morgan fingerprint density at radius 1 is 1.78 bits per heavy atom. The zero-order valence-corrected chi connectivity index (χ0v) is 7.10. The molecule has 0 aliphatic rings. The van der Waals surface area contributed by atoms with Gasteiger partial charge in [0.1, 0.15) is 8.72 Å². The number of hydrogen-bond acceptors (Lipinski definition) is 2. The molecule has 0 amide bonds. The van der Waals surface area contributed by atoms with Gasteiger partial charge in [0.2, 0.25) is 0 Å². The predicted octanol–water partition coefficient (Wildman–Crippen LogP) is 1.03. The van der Waals surface area contributed by atoms with Crippen LogP contribution in [0.3, 0.4) is 0 Å². The highest BCUT2D eigenvalue weighted by molar-refractivity contribution is 14.1. The van der Waals surface area contributed by atoms with Gasteiger partial charge in [-0.2, -0.15) is 0 Å². The van der Waals surface area contributed by atoms with Crippen LogP contribution in [0.25, 0.3) is 0 Å². The highest BCUT2D eigenvalue weighted by atomic mass is 127.